The smallest absolute Gasteiger partial charge is 0.363 e. The van der Waals surface area contributed by atoms with Gasteiger partial charge in [0.25, 0.3) is 0 Å². The first-order chi connectivity index (χ1) is 14.6. The molecule has 0 unspecified atom stereocenters. The maximum Gasteiger partial charge on any atom is 0.363 e. The van der Waals surface area contributed by atoms with E-state index >= 15 is 0 Å². The van der Waals surface area contributed by atoms with Crippen molar-refractivity contribution in [3.05, 3.63) is 75.0 Å². The molecule has 0 N–H and O–H groups in total. The molecule has 4 rings (SSSR count). The van der Waals surface area contributed by atoms with Crippen LogP contribution in [0.1, 0.15) is 24.5 Å². The zero-order valence-corrected chi connectivity index (χ0v) is 18.8. The van der Waals surface area contributed by atoms with Crippen molar-refractivity contribution in [2.24, 2.45) is 4.99 Å². The molecule has 0 radical (unpaired) electrons. The molecule has 0 amide bonds. The van der Waals surface area contributed by atoms with Gasteiger partial charge in [-0.15, -0.1) is 0 Å². The molecular formula is C24H20INO4. The molecule has 0 saturated heterocycles. The number of cyclic esters (lactones) is 1. The number of carbonyl (C=O) groups excluding carboxylic acids is 1. The minimum atomic E-state index is -0.474. The van der Waals surface area contributed by atoms with Crippen LogP contribution in [0, 0.1) is 3.57 Å². The van der Waals surface area contributed by atoms with Crippen LogP contribution in [0.4, 0.5) is 0 Å². The molecular weight excluding hydrogens is 493 g/mol. The molecule has 3 aromatic carbocycles. The number of ether oxygens (including phenoxy) is 3. The second-order valence-corrected chi connectivity index (χ2v) is 7.94. The summed E-state index contributed by atoms with van der Waals surface area (Å²) in [7, 11) is 1.60. The number of fused-ring (bicyclic) bond motifs is 1. The molecule has 0 saturated carbocycles. The third-order valence-corrected chi connectivity index (χ3v) is 5.42. The van der Waals surface area contributed by atoms with E-state index in [2.05, 4.69) is 34.5 Å². The van der Waals surface area contributed by atoms with Crippen molar-refractivity contribution in [1.82, 2.24) is 0 Å². The van der Waals surface area contributed by atoms with Crippen molar-refractivity contribution in [2.75, 3.05) is 13.7 Å². The monoisotopic (exact) mass is 513 g/mol. The van der Waals surface area contributed by atoms with Gasteiger partial charge in [-0.05, 0) is 75.7 Å². The first-order valence-corrected chi connectivity index (χ1v) is 10.7. The van der Waals surface area contributed by atoms with Crippen molar-refractivity contribution in [3.8, 4) is 11.5 Å². The van der Waals surface area contributed by atoms with E-state index < -0.39 is 5.97 Å². The number of methoxy groups -OCH3 is 1. The summed E-state index contributed by atoms with van der Waals surface area (Å²) >= 11 is 2.20. The number of hydrogen-bond acceptors (Lipinski definition) is 5. The minimum Gasteiger partial charge on any atom is -0.493 e. The Balaban J connectivity index is 1.67. The van der Waals surface area contributed by atoms with Crippen LogP contribution in [0.2, 0.25) is 0 Å². The number of carbonyl (C=O) groups is 1. The van der Waals surface area contributed by atoms with Crippen LogP contribution in [0.5, 0.6) is 11.5 Å². The van der Waals surface area contributed by atoms with Crippen LogP contribution in [0.25, 0.3) is 16.8 Å². The summed E-state index contributed by atoms with van der Waals surface area (Å²) in [5, 5.41) is 2.18. The van der Waals surface area contributed by atoms with Gasteiger partial charge in [-0.1, -0.05) is 37.3 Å². The number of benzene rings is 3. The standard InChI is InChI=1S/C24H20INO4/c1-3-10-29-22-19(25)11-15(13-21(22)28-2)12-20-24(27)30-23(26-20)18-9-8-16-6-4-5-7-17(16)14-18/h4-9,11-14H,3,10H2,1-2H3/b20-12-. The average molecular weight is 513 g/mol. The third-order valence-electron chi connectivity index (χ3n) is 4.62. The minimum absolute atomic E-state index is 0.248. The number of nitrogens with zero attached hydrogens (tertiary/aromatic N) is 1. The molecule has 30 heavy (non-hydrogen) atoms. The highest BCUT2D eigenvalue weighted by Crippen LogP contribution is 2.35. The Bertz CT molecular complexity index is 1180. The number of esters is 1. The number of rotatable bonds is 6. The summed E-state index contributed by atoms with van der Waals surface area (Å²) in [5.74, 6) is 1.16. The van der Waals surface area contributed by atoms with Crippen LogP contribution >= 0.6 is 22.6 Å². The lowest BCUT2D eigenvalue weighted by Crippen LogP contribution is -2.05. The van der Waals surface area contributed by atoms with Gasteiger partial charge in [0.2, 0.25) is 5.90 Å². The highest BCUT2D eigenvalue weighted by molar-refractivity contribution is 14.1. The Morgan fingerprint density at radius 1 is 1.10 bits per heavy atom. The fourth-order valence-electron chi connectivity index (χ4n) is 3.18. The van der Waals surface area contributed by atoms with Gasteiger partial charge in [0.1, 0.15) is 0 Å². The van der Waals surface area contributed by atoms with Crippen LogP contribution in [0.3, 0.4) is 0 Å². The third kappa shape index (κ3) is 4.18. The molecule has 1 aliphatic rings. The Morgan fingerprint density at radius 3 is 2.67 bits per heavy atom. The lowest BCUT2D eigenvalue weighted by molar-refractivity contribution is -0.129. The molecule has 1 heterocycles. The maximum absolute atomic E-state index is 12.4. The van der Waals surface area contributed by atoms with Crippen LogP contribution in [-0.4, -0.2) is 25.6 Å². The summed E-state index contributed by atoms with van der Waals surface area (Å²) in [4.78, 5) is 16.8. The zero-order chi connectivity index (χ0) is 21.1. The molecule has 6 heteroatoms. The van der Waals surface area contributed by atoms with Crippen LogP contribution in [-0.2, 0) is 9.53 Å². The summed E-state index contributed by atoms with van der Waals surface area (Å²) in [5.41, 5.74) is 1.80. The lowest BCUT2D eigenvalue weighted by atomic mass is 10.1. The van der Waals surface area contributed by atoms with Crippen molar-refractivity contribution >= 4 is 51.3 Å². The van der Waals surface area contributed by atoms with Crippen molar-refractivity contribution in [1.29, 1.82) is 0 Å². The average Bonchev–Trinajstić information content (AvgIpc) is 3.12. The fraction of sp³-hybridized carbons (Fsp3) is 0.167. The summed E-state index contributed by atoms with van der Waals surface area (Å²) in [6, 6.07) is 17.6. The lowest BCUT2D eigenvalue weighted by Gasteiger charge is -2.13. The summed E-state index contributed by atoms with van der Waals surface area (Å²) < 4.78 is 17.6. The van der Waals surface area contributed by atoms with Gasteiger partial charge in [-0.3, -0.25) is 0 Å². The van der Waals surface area contributed by atoms with E-state index in [0.29, 0.717) is 24.0 Å². The SMILES string of the molecule is CCCOc1c(I)cc(/C=C2\N=C(c3ccc4ccccc4c3)OC2=O)cc1OC. The highest BCUT2D eigenvalue weighted by atomic mass is 127. The van der Waals surface area contributed by atoms with Crippen molar-refractivity contribution in [2.45, 2.75) is 13.3 Å². The summed E-state index contributed by atoms with van der Waals surface area (Å²) in [6.45, 7) is 2.66. The largest absolute Gasteiger partial charge is 0.493 e. The van der Waals surface area contributed by atoms with E-state index in [0.717, 1.165) is 31.9 Å². The van der Waals surface area contributed by atoms with E-state index in [4.69, 9.17) is 14.2 Å². The van der Waals surface area contributed by atoms with Gasteiger partial charge in [-0.25, -0.2) is 9.79 Å². The van der Waals surface area contributed by atoms with Gasteiger partial charge in [0.05, 0.1) is 17.3 Å². The second-order valence-electron chi connectivity index (χ2n) is 6.78. The fourth-order valence-corrected chi connectivity index (χ4v) is 3.96. The Labute approximate surface area is 188 Å². The van der Waals surface area contributed by atoms with Crippen LogP contribution in [0.15, 0.2) is 65.3 Å². The first-order valence-electron chi connectivity index (χ1n) is 9.61. The molecule has 0 atom stereocenters. The molecule has 0 fully saturated rings. The van der Waals surface area contributed by atoms with Gasteiger partial charge in [0.15, 0.2) is 17.2 Å². The quantitative estimate of drug-likeness (QED) is 0.245. The van der Waals surface area contributed by atoms with E-state index in [9.17, 15) is 4.79 Å². The summed E-state index contributed by atoms with van der Waals surface area (Å²) in [6.07, 6.45) is 2.60. The topological polar surface area (TPSA) is 57.1 Å². The molecule has 0 bridgehead atoms. The molecule has 152 valence electrons. The van der Waals surface area contributed by atoms with Gasteiger partial charge >= 0.3 is 5.97 Å². The van der Waals surface area contributed by atoms with Gasteiger partial charge < -0.3 is 14.2 Å². The van der Waals surface area contributed by atoms with E-state index in [1.807, 2.05) is 54.6 Å². The molecule has 0 aliphatic carbocycles. The van der Waals surface area contributed by atoms with E-state index in [1.54, 1.807) is 13.2 Å². The molecule has 0 spiro atoms. The molecule has 0 aromatic heterocycles. The predicted molar refractivity (Wildman–Crippen MR) is 126 cm³/mol. The first kappa shape index (κ1) is 20.4. The number of aliphatic imine (C=N–C) groups is 1. The maximum atomic E-state index is 12.4. The second kappa shape index (κ2) is 8.87. The Morgan fingerprint density at radius 2 is 1.90 bits per heavy atom. The molecule has 1 aliphatic heterocycles. The van der Waals surface area contributed by atoms with Gasteiger partial charge in [-0.2, -0.15) is 0 Å². The van der Waals surface area contributed by atoms with E-state index in [1.165, 1.54) is 0 Å². The number of halogens is 1. The van der Waals surface area contributed by atoms with E-state index in [-0.39, 0.29) is 5.70 Å². The number of hydrogen-bond donors (Lipinski definition) is 0. The van der Waals surface area contributed by atoms with Crippen molar-refractivity contribution < 1.29 is 19.0 Å². The predicted octanol–water partition coefficient (Wildman–Crippen LogP) is 5.59. The van der Waals surface area contributed by atoms with Gasteiger partial charge in [0, 0.05) is 5.56 Å². The molecule has 3 aromatic rings. The van der Waals surface area contributed by atoms with Crippen LogP contribution < -0.4 is 9.47 Å². The Hall–Kier alpha value is -2.87. The highest BCUT2D eigenvalue weighted by Gasteiger charge is 2.24. The molecule has 5 nitrogen and oxygen atoms in total. The normalized spacial score (nSPS) is 14.7. The van der Waals surface area contributed by atoms with Crippen molar-refractivity contribution in [3.63, 3.8) is 0 Å². The zero-order valence-electron chi connectivity index (χ0n) is 16.6. The Kier molecular flexibility index (Phi) is 6.03.